The lowest BCUT2D eigenvalue weighted by Crippen LogP contribution is -2.36. The molecule has 1 atom stereocenters. The van der Waals surface area contributed by atoms with Gasteiger partial charge in [-0.1, -0.05) is 44.9 Å². The van der Waals surface area contributed by atoms with Crippen molar-refractivity contribution in [3.05, 3.63) is 29.8 Å². The van der Waals surface area contributed by atoms with Gasteiger partial charge in [0.2, 0.25) is 0 Å². The molecule has 3 nitrogen and oxygen atoms in total. The van der Waals surface area contributed by atoms with Gasteiger partial charge in [0.05, 0.1) is 6.61 Å². The van der Waals surface area contributed by atoms with Crippen molar-refractivity contribution in [2.24, 2.45) is 5.73 Å². The van der Waals surface area contributed by atoms with Gasteiger partial charge in [-0.15, -0.1) is 0 Å². The Labute approximate surface area is 149 Å². The number of ether oxygens (including phenoxy) is 1. The zero-order valence-corrected chi connectivity index (χ0v) is 16.1. The first-order chi connectivity index (χ1) is 11.7. The third kappa shape index (κ3) is 8.16. The van der Waals surface area contributed by atoms with Crippen LogP contribution in [0.4, 0.5) is 0 Å². The number of nitrogens with two attached hydrogens (primary N) is 1. The van der Waals surface area contributed by atoms with Crippen LogP contribution in [0.15, 0.2) is 24.3 Å². The minimum absolute atomic E-state index is 0.757. The Balaban J connectivity index is 0.000000648. The average molecular weight is 335 g/mol. The molecule has 2 rings (SSSR count). The summed E-state index contributed by atoms with van der Waals surface area (Å²) in [6, 6.07) is 9.32. The summed E-state index contributed by atoms with van der Waals surface area (Å²) < 4.78 is 5.93. The number of hydrogen-bond acceptors (Lipinski definition) is 3. The standard InChI is InChI=1S/C18H29NO.C3H9N/c1-3-4-15-20-18-11-6-5-9-16(18)12-13-17-10-7-8-14-19(17)2;1-2-3-4/h5-6,9,11,17H,3-4,7-8,10,12-15H2,1-2H3;2-4H2,1H3. The van der Waals surface area contributed by atoms with Gasteiger partial charge < -0.3 is 15.4 Å². The highest BCUT2D eigenvalue weighted by Gasteiger charge is 2.18. The normalized spacial score (nSPS) is 17.9. The van der Waals surface area contributed by atoms with E-state index in [0.717, 1.165) is 44.2 Å². The van der Waals surface area contributed by atoms with E-state index >= 15 is 0 Å². The van der Waals surface area contributed by atoms with Gasteiger partial charge >= 0.3 is 0 Å². The fraction of sp³-hybridized carbons (Fsp3) is 0.714. The van der Waals surface area contributed by atoms with E-state index < -0.39 is 0 Å². The summed E-state index contributed by atoms with van der Waals surface area (Å²) in [4.78, 5) is 2.53. The molecule has 1 saturated heterocycles. The molecule has 0 spiro atoms. The summed E-state index contributed by atoms with van der Waals surface area (Å²) in [5.41, 5.74) is 6.41. The number of unbranched alkanes of at least 4 members (excludes halogenated alkanes) is 1. The van der Waals surface area contributed by atoms with E-state index in [4.69, 9.17) is 10.5 Å². The predicted octanol–water partition coefficient (Wildman–Crippen LogP) is 4.64. The van der Waals surface area contributed by atoms with Crippen LogP contribution in [0.3, 0.4) is 0 Å². The number of hydrogen-bond donors (Lipinski definition) is 1. The maximum Gasteiger partial charge on any atom is 0.122 e. The van der Waals surface area contributed by atoms with Gasteiger partial charge in [-0.3, -0.25) is 0 Å². The van der Waals surface area contributed by atoms with Crippen molar-refractivity contribution < 1.29 is 4.74 Å². The lowest BCUT2D eigenvalue weighted by molar-refractivity contribution is 0.176. The number of likely N-dealkylation sites (tertiary alicyclic amines) is 1. The molecule has 0 aliphatic carbocycles. The Morgan fingerprint density at radius 2 is 1.92 bits per heavy atom. The molecule has 1 aromatic rings. The number of piperidine rings is 1. The van der Waals surface area contributed by atoms with Gasteiger partial charge in [-0.25, -0.2) is 0 Å². The Hall–Kier alpha value is -1.06. The Morgan fingerprint density at radius 3 is 2.58 bits per heavy atom. The van der Waals surface area contributed by atoms with Crippen LogP contribution in [-0.2, 0) is 6.42 Å². The molecule has 1 heterocycles. The lowest BCUT2D eigenvalue weighted by Gasteiger charge is -2.32. The van der Waals surface area contributed by atoms with Crippen LogP contribution in [0.2, 0.25) is 0 Å². The summed E-state index contributed by atoms with van der Waals surface area (Å²) in [5, 5.41) is 0. The van der Waals surface area contributed by atoms with Gasteiger partial charge in [-0.05, 0) is 70.3 Å². The first-order valence-corrected chi connectivity index (χ1v) is 9.83. The molecule has 2 N–H and O–H groups in total. The number of nitrogens with zero attached hydrogens (tertiary/aromatic N) is 1. The Bertz CT molecular complexity index is 420. The number of rotatable bonds is 8. The second-order valence-corrected chi connectivity index (χ2v) is 6.77. The molecule has 0 radical (unpaired) electrons. The van der Waals surface area contributed by atoms with Crippen LogP contribution in [0, 0.1) is 0 Å². The first kappa shape index (κ1) is 21.0. The van der Waals surface area contributed by atoms with Crippen molar-refractivity contribution in [3.8, 4) is 5.75 Å². The molecule has 1 aromatic carbocycles. The largest absolute Gasteiger partial charge is 0.493 e. The molecule has 0 saturated carbocycles. The maximum absolute atomic E-state index is 5.93. The van der Waals surface area contributed by atoms with Crippen molar-refractivity contribution in [2.75, 3.05) is 26.7 Å². The summed E-state index contributed by atoms with van der Waals surface area (Å²) in [6.45, 7) is 7.18. The van der Waals surface area contributed by atoms with Gasteiger partial charge in [0.15, 0.2) is 0 Å². The fourth-order valence-corrected chi connectivity index (χ4v) is 3.01. The third-order valence-corrected chi connectivity index (χ3v) is 4.69. The highest BCUT2D eigenvalue weighted by Crippen LogP contribution is 2.24. The highest BCUT2D eigenvalue weighted by molar-refractivity contribution is 5.33. The topological polar surface area (TPSA) is 38.5 Å². The van der Waals surface area contributed by atoms with Crippen molar-refractivity contribution >= 4 is 0 Å². The number of aryl methyl sites for hydroxylation is 1. The van der Waals surface area contributed by atoms with Crippen molar-refractivity contribution in [1.82, 2.24) is 4.90 Å². The SMILES string of the molecule is CCCCOc1ccccc1CCC1CCCCN1C.CCCN. The van der Waals surface area contributed by atoms with Crippen molar-refractivity contribution in [3.63, 3.8) is 0 Å². The molecular weight excluding hydrogens is 296 g/mol. The summed E-state index contributed by atoms with van der Waals surface area (Å²) >= 11 is 0. The molecular formula is C21H38N2O. The van der Waals surface area contributed by atoms with Crippen LogP contribution in [0.5, 0.6) is 5.75 Å². The van der Waals surface area contributed by atoms with E-state index in [1.807, 2.05) is 0 Å². The Morgan fingerprint density at radius 1 is 1.17 bits per heavy atom. The molecule has 1 unspecified atom stereocenters. The van der Waals surface area contributed by atoms with Crippen molar-refractivity contribution in [1.29, 1.82) is 0 Å². The van der Waals surface area contributed by atoms with Gasteiger partial charge in [0.25, 0.3) is 0 Å². The average Bonchev–Trinajstić information content (AvgIpc) is 2.62. The molecule has 24 heavy (non-hydrogen) atoms. The van der Waals surface area contributed by atoms with Crippen LogP contribution < -0.4 is 10.5 Å². The summed E-state index contributed by atoms with van der Waals surface area (Å²) in [6.07, 6.45) is 9.93. The minimum Gasteiger partial charge on any atom is -0.493 e. The van der Waals surface area contributed by atoms with Gasteiger partial charge in [-0.2, -0.15) is 0 Å². The highest BCUT2D eigenvalue weighted by atomic mass is 16.5. The molecule has 0 aromatic heterocycles. The molecule has 0 bridgehead atoms. The molecule has 1 aliphatic heterocycles. The monoisotopic (exact) mass is 334 g/mol. The van der Waals surface area contributed by atoms with E-state index in [-0.39, 0.29) is 0 Å². The lowest BCUT2D eigenvalue weighted by atomic mass is 9.96. The van der Waals surface area contributed by atoms with Crippen LogP contribution in [0.25, 0.3) is 0 Å². The summed E-state index contributed by atoms with van der Waals surface area (Å²) in [5.74, 6) is 1.10. The molecule has 1 fully saturated rings. The Kier molecular flexibility index (Phi) is 11.6. The van der Waals surface area contributed by atoms with Crippen LogP contribution in [0.1, 0.15) is 64.4 Å². The maximum atomic E-state index is 5.93. The molecule has 1 aliphatic rings. The molecule has 0 amide bonds. The quantitative estimate of drug-likeness (QED) is 0.704. The fourth-order valence-electron chi connectivity index (χ4n) is 3.01. The van der Waals surface area contributed by atoms with Gasteiger partial charge in [0.1, 0.15) is 5.75 Å². The van der Waals surface area contributed by atoms with E-state index in [1.54, 1.807) is 0 Å². The van der Waals surface area contributed by atoms with Crippen LogP contribution >= 0.6 is 0 Å². The third-order valence-electron chi connectivity index (χ3n) is 4.69. The number of benzene rings is 1. The minimum atomic E-state index is 0.757. The van der Waals surface area contributed by atoms with Crippen LogP contribution in [-0.4, -0.2) is 37.7 Å². The zero-order chi connectivity index (χ0) is 17.6. The van der Waals surface area contributed by atoms with Crippen molar-refractivity contribution in [2.45, 2.75) is 71.3 Å². The second kappa shape index (κ2) is 13.3. The van der Waals surface area contributed by atoms with E-state index in [1.165, 1.54) is 44.2 Å². The first-order valence-electron chi connectivity index (χ1n) is 9.83. The number of para-hydroxylation sites is 1. The molecule has 138 valence electrons. The molecule has 3 heteroatoms. The second-order valence-electron chi connectivity index (χ2n) is 6.77. The van der Waals surface area contributed by atoms with Gasteiger partial charge in [0, 0.05) is 6.04 Å². The van der Waals surface area contributed by atoms with E-state index in [0.29, 0.717) is 0 Å². The van der Waals surface area contributed by atoms with E-state index in [9.17, 15) is 0 Å². The predicted molar refractivity (Wildman–Crippen MR) is 105 cm³/mol. The zero-order valence-electron chi connectivity index (χ0n) is 16.1. The summed E-state index contributed by atoms with van der Waals surface area (Å²) in [7, 11) is 2.27. The van der Waals surface area contributed by atoms with E-state index in [2.05, 4.69) is 50.1 Å². The smallest absolute Gasteiger partial charge is 0.122 e.